The second-order valence-electron chi connectivity index (χ2n) is 8.50. The summed E-state index contributed by atoms with van der Waals surface area (Å²) in [5.41, 5.74) is 0. The third kappa shape index (κ3) is 13.5. The molecule has 1 fully saturated rings. The lowest BCUT2D eigenvalue weighted by atomic mass is 9.88. The molecule has 0 spiro atoms. The van der Waals surface area contributed by atoms with Gasteiger partial charge < -0.3 is 0 Å². The normalized spacial score (nSPS) is 24.2. The second kappa shape index (κ2) is 17.1. The number of carbonyl (C=O) groups is 1. The summed E-state index contributed by atoms with van der Waals surface area (Å²) in [5.74, 6) is 0.975. The van der Waals surface area contributed by atoms with Crippen molar-refractivity contribution in [3.05, 3.63) is 0 Å². The highest BCUT2D eigenvalue weighted by Crippen LogP contribution is 2.22. The molecule has 1 aliphatic carbocycles. The molecule has 0 amide bonds. The van der Waals surface area contributed by atoms with Crippen LogP contribution in [0, 0.1) is 5.92 Å². The van der Waals surface area contributed by atoms with Crippen LogP contribution in [0.4, 0.5) is 0 Å². The van der Waals surface area contributed by atoms with Crippen LogP contribution in [-0.4, -0.2) is 5.78 Å². The van der Waals surface area contributed by atoms with Crippen molar-refractivity contribution in [1.29, 1.82) is 0 Å². The number of hydrogen-bond donors (Lipinski definition) is 0. The maximum absolute atomic E-state index is 12.6. The third-order valence-corrected chi connectivity index (χ3v) is 6.09. The topological polar surface area (TPSA) is 17.1 Å². The lowest BCUT2D eigenvalue weighted by Crippen LogP contribution is -2.14. The van der Waals surface area contributed by atoms with Crippen molar-refractivity contribution < 1.29 is 4.79 Å². The van der Waals surface area contributed by atoms with E-state index in [-0.39, 0.29) is 0 Å². The first-order valence-electron chi connectivity index (χ1n) is 11.9. The predicted octanol–water partition coefficient (Wildman–Crippen LogP) is 8.40. The van der Waals surface area contributed by atoms with Gasteiger partial charge in [0.2, 0.25) is 0 Å². The van der Waals surface area contributed by atoms with Crippen molar-refractivity contribution in [2.75, 3.05) is 0 Å². The first-order valence-corrected chi connectivity index (χ1v) is 11.9. The van der Waals surface area contributed by atoms with E-state index in [2.05, 4.69) is 6.92 Å². The Kier molecular flexibility index (Phi) is 15.5. The number of unbranched alkanes of at least 4 members (excludes halogenated alkanes) is 2. The number of rotatable bonds is 4. The van der Waals surface area contributed by atoms with Crippen molar-refractivity contribution in [1.82, 2.24) is 0 Å². The second-order valence-corrected chi connectivity index (χ2v) is 8.50. The fourth-order valence-corrected chi connectivity index (χ4v) is 4.30. The molecular weight excluding hydrogens is 304 g/mol. The highest BCUT2D eigenvalue weighted by Gasteiger charge is 2.17. The van der Waals surface area contributed by atoms with Gasteiger partial charge in [0.15, 0.2) is 0 Å². The van der Waals surface area contributed by atoms with Gasteiger partial charge in [-0.15, -0.1) is 0 Å². The van der Waals surface area contributed by atoms with E-state index in [0.29, 0.717) is 11.7 Å². The monoisotopic (exact) mass is 350 g/mol. The molecule has 1 nitrogen and oxygen atoms in total. The molecule has 0 aromatic rings. The molecule has 0 aromatic heterocycles. The van der Waals surface area contributed by atoms with Crippen molar-refractivity contribution in [3.8, 4) is 0 Å². The highest BCUT2D eigenvalue weighted by molar-refractivity contribution is 5.80. The van der Waals surface area contributed by atoms with E-state index in [1.54, 1.807) is 0 Å². The zero-order chi connectivity index (χ0) is 18.0. The van der Waals surface area contributed by atoms with Crippen LogP contribution in [0.5, 0.6) is 0 Å². The molecule has 0 aliphatic heterocycles. The molecule has 0 bridgehead atoms. The Labute approximate surface area is 158 Å². The van der Waals surface area contributed by atoms with Crippen LogP contribution in [0.25, 0.3) is 0 Å². The van der Waals surface area contributed by atoms with E-state index < -0.39 is 0 Å². The SMILES string of the molecule is CCCCCC1CCCCCCCCCCCCCCCCCC1=O. The average molecular weight is 351 g/mol. The van der Waals surface area contributed by atoms with Crippen LogP contribution >= 0.6 is 0 Å². The summed E-state index contributed by atoms with van der Waals surface area (Å²) in [6.07, 6.45) is 27.6. The zero-order valence-corrected chi connectivity index (χ0v) is 17.3. The van der Waals surface area contributed by atoms with Crippen LogP contribution in [-0.2, 0) is 4.79 Å². The first-order chi connectivity index (χ1) is 12.3. The Morgan fingerprint density at radius 2 is 1.08 bits per heavy atom. The Hall–Kier alpha value is -0.330. The lowest BCUT2D eigenvalue weighted by Gasteiger charge is -2.16. The molecule has 0 saturated heterocycles. The number of ketones is 1. The number of hydrogen-bond acceptors (Lipinski definition) is 1. The molecule has 0 N–H and O–H groups in total. The minimum atomic E-state index is 0.383. The highest BCUT2D eigenvalue weighted by atomic mass is 16.1. The Balaban J connectivity index is 2.34. The summed E-state index contributed by atoms with van der Waals surface area (Å²) in [5, 5.41) is 0. The summed E-state index contributed by atoms with van der Waals surface area (Å²) in [6, 6.07) is 0. The quantitative estimate of drug-likeness (QED) is 0.465. The zero-order valence-electron chi connectivity index (χ0n) is 17.3. The van der Waals surface area contributed by atoms with Gasteiger partial charge in [0.1, 0.15) is 5.78 Å². The maximum Gasteiger partial charge on any atom is 0.135 e. The minimum Gasteiger partial charge on any atom is -0.299 e. The predicted molar refractivity (Wildman–Crippen MR) is 111 cm³/mol. The molecule has 0 heterocycles. The van der Waals surface area contributed by atoms with E-state index in [1.165, 1.54) is 116 Å². The average Bonchev–Trinajstić information content (AvgIpc) is 2.62. The maximum atomic E-state index is 12.6. The van der Waals surface area contributed by atoms with E-state index in [1.807, 2.05) is 0 Å². The van der Waals surface area contributed by atoms with Gasteiger partial charge in [-0.2, -0.15) is 0 Å². The third-order valence-electron chi connectivity index (χ3n) is 6.09. The van der Waals surface area contributed by atoms with Gasteiger partial charge in [0.25, 0.3) is 0 Å². The number of Topliss-reactive ketones (excluding diaryl/α,β-unsaturated/α-hetero) is 1. The minimum absolute atomic E-state index is 0.383. The molecule has 0 aromatic carbocycles. The number of carbonyl (C=O) groups excluding carboxylic acids is 1. The van der Waals surface area contributed by atoms with Crippen molar-refractivity contribution in [2.45, 2.75) is 142 Å². The molecule has 1 aliphatic rings. The molecular formula is C24H46O. The Bertz CT molecular complexity index is 296. The fourth-order valence-electron chi connectivity index (χ4n) is 4.30. The molecule has 1 unspecified atom stereocenters. The summed E-state index contributed by atoms with van der Waals surface area (Å²) >= 11 is 0. The molecule has 1 saturated carbocycles. The van der Waals surface area contributed by atoms with Gasteiger partial charge in [-0.25, -0.2) is 0 Å². The summed E-state index contributed by atoms with van der Waals surface area (Å²) in [6.45, 7) is 2.26. The Morgan fingerprint density at radius 1 is 0.640 bits per heavy atom. The van der Waals surface area contributed by atoms with Crippen LogP contribution < -0.4 is 0 Å². The lowest BCUT2D eigenvalue weighted by molar-refractivity contribution is -0.123. The van der Waals surface area contributed by atoms with Crippen LogP contribution in [0.2, 0.25) is 0 Å². The van der Waals surface area contributed by atoms with Gasteiger partial charge in [-0.3, -0.25) is 4.79 Å². The molecule has 1 rings (SSSR count). The summed E-state index contributed by atoms with van der Waals surface area (Å²) in [4.78, 5) is 12.6. The van der Waals surface area contributed by atoms with Crippen LogP contribution in [0.3, 0.4) is 0 Å². The van der Waals surface area contributed by atoms with Crippen molar-refractivity contribution in [3.63, 3.8) is 0 Å². The van der Waals surface area contributed by atoms with Gasteiger partial charge >= 0.3 is 0 Å². The largest absolute Gasteiger partial charge is 0.299 e. The fraction of sp³-hybridized carbons (Fsp3) is 0.958. The van der Waals surface area contributed by atoms with Gasteiger partial charge in [0.05, 0.1) is 0 Å². The van der Waals surface area contributed by atoms with Gasteiger partial charge in [-0.05, 0) is 19.3 Å². The van der Waals surface area contributed by atoms with E-state index in [9.17, 15) is 4.79 Å². The van der Waals surface area contributed by atoms with Gasteiger partial charge in [-0.1, -0.05) is 116 Å². The van der Waals surface area contributed by atoms with E-state index >= 15 is 0 Å². The molecule has 148 valence electrons. The standard InChI is InChI=1S/C24H46O/c1-2-3-17-20-23-21-18-15-13-11-9-7-5-4-6-8-10-12-14-16-19-22-24(23)25/h23H,2-22H2,1H3. The molecule has 1 heteroatoms. The molecule has 0 radical (unpaired) electrons. The van der Waals surface area contributed by atoms with Crippen LogP contribution in [0.15, 0.2) is 0 Å². The van der Waals surface area contributed by atoms with E-state index in [4.69, 9.17) is 0 Å². The van der Waals surface area contributed by atoms with E-state index in [0.717, 1.165) is 19.3 Å². The van der Waals surface area contributed by atoms with Crippen molar-refractivity contribution >= 4 is 5.78 Å². The summed E-state index contributed by atoms with van der Waals surface area (Å²) in [7, 11) is 0. The van der Waals surface area contributed by atoms with Crippen molar-refractivity contribution in [2.24, 2.45) is 5.92 Å². The smallest absolute Gasteiger partial charge is 0.135 e. The molecule has 1 atom stereocenters. The van der Waals surface area contributed by atoms with Gasteiger partial charge in [0, 0.05) is 12.3 Å². The summed E-state index contributed by atoms with van der Waals surface area (Å²) < 4.78 is 0. The molecule has 25 heavy (non-hydrogen) atoms. The Morgan fingerprint density at radius 3 is 1.56 bits per heavy atom. The van der Waals surface area contributed by atoms with Crippen LogP contribution in [0.1, 0.15) is 142 Å². The first kappa shape index (κ1) is 22.7.